The highest BCUT2D eigenvalue weighted by molar-refractivity contribution is 6.30. The molecule has 0 aliphatic carbocycles. The molecule has 0 unspecified atom stereocenters. The summed E-state index contributed by atoms with van der Waals surface area (Å²) in [6.07, 6.45) is 2.09. The molecule has 2 N–H and O–H groups in total. The number of carbonyl (C=O) groups excluding carboxylic acids is 1. The number of nitrogens with one attached hydrogen (secondary N) is 1. The third-order valence-corrected chi connectivity index (χ3v) is 3.84. The number of fused-ring (bicyclic) bond motifs is 1. The number of H-pyrrole nitrogens is 1. The van der Waals surface area contributed by atoms with Crippen LogP contribution in [0.3, 0.4) is 0 Å². The molecule has 0 radical (unpaired) electrons. The minimum atomic E-state index is -0.134. The Morgan fingerprint density at radius 3 is 2.91 bits per heavy atom. The number of hydrogen-bond donors (Lipinski definition) is 2. The van der Waals surface area contributed by atoms with E-state index in [1.165, 1.54) is 0 Å². The monoisotopic (exact) mass is 332 g/mol. The van der Waals surface area contributed by atoms with Gasteiger partial charge >= 0.3 is 0 Å². The fourth-order valence-corrected chi connectivity index (χ4v) is 2.72. The van der Waals surface area contributed by atoms with Crippen LogP contribution in [0.25, 0.3) is 11.1 Å². The average molecular weight is 333 g/mol. The number of nitrogens with zero attached hydrogens (tertiary/aromatic N) is 1. The zero-order valence-electron chi connectivity index (χ0n) is 12.5. The molecule has 1 amide bonds. The van der Waals surface area contributed by atoms with Gasteiger partial charge in [-0.2, -0.15) is 0 Å². The topological polar surface area (TPSA) is 69.5 Å². The first-order valence-electron chi connectivity index (χ1n) is 7.38. The van der Waals surface area contributed by atoms with E-state index >= 15 is 0 Å². The first-order chi connectivity index (χ1) is 11.2. The maximum Gasteiger partial charge on any atom is 0.270 e. The number of aliphatic hydroxyl groups excluding tert-OH is 1. The van der Waals surface area contributed by atoms with Crippen LogP contribution in [0.5, 0.6) is 0 Å². The van der Waals surface area contributed by atoms with E-state index in [1.54, 1.807) is 29.4 Å². The second-order valence-corrected chi connectivity index (χ2v) is 5.75. The number of furan rings is 1. The van der Waals surface area contributed by atoms with Crippen LogP contribution in [0.4, 0.5) is 0 Å². The van der Waals surface area contributed by atoms with Gasteiger partial charge in [0, 0.05) is 36.9 Å². The van der Waals surface area contributed by atoms with Gasteiger partial charge in [0.05, 0.1) is 11.8 Å². The standard InChI is InChI=1S/C17H17ClN2O3/c18-13-4-1-3-12(9-13)11-20(6-2-7-21)17(22)15-10-16-14(19-15)5-8-23-16/h1,3-5,8-10,19,21H,2,6-7,11H2. The van der Waals surface area contributed by atoms with Crippen LogP contribution in [0.1, 0.15) is 22.5 Å². The largest absolute Gasteiger partial charge is 0.463 e. The fraction of sp³-hybridized carbons (Fsp3) is 0.235. The first-order valence-corrected chi connectivity index (χ1v) is 7.76. The lowest BCUT2D eigenvalue weighted by Crippen LogP contribution is -2.32. The number of halogens is 1. The molecule has 2 aromatic heterocycles. The van der Waals surface area contributed by atoms with Crippen molar-refractivity contribution in [2.24, 2.45) is 0 Å². The third kappa shape index (κ3) is 3.57. The summed E-state index contributed by atoms with van der Waals surface area (Å²) in [5, 5.41) is 9.71. The van der Waals surface area contributed by atoms with Crippen LogP contribution in [0.15, 0.2) is 47.1 Å². The van der Waals surface area contributed by atoms with Gasteiger partial charge in [0.25, 0.3) is 5.91 Å². The molecule has 2 heterocycles. The van der Waals surface area contributed by atoms with Crippen molar-refractivity contribution in [1.29, 1.82) is 0 Å². The molecule has 0 saturated heterocycles. The van der Waals surface area contributed by atoms with Gasteiger partial charge < -0.3 is 19.4 Å². The van der Waals surface area contributed by atoms with Crippen molar-refractivity contribution >= 4 is 28.6 Å². The molecule has 1 aromatic carbocycles. The maximum atomic E-state index is 12.7. The van der Waals surface area contributed by atoms with E-state index < -0.39 is 0 Å². The highest BCUT2D eigenvalue weighted by atomic mass is 35.5. The summed E-state index contributed by atoms with van der Waals surface area (Å²) in [6, 6.07) is 10.9. The van der Waals surface area contributed by atoms with Crippen molar-refractivity contribution in [2.75, 3.05) is 13.2 Å². The minimum Gasteiger partial charge on any atom is -0.463 e. The van der Waals surface area contributed by atoms with Crippen LogP contribution in [0.2, 0.25) is 5.02 Å². The number of carbonyl (C=O) groups is 1. The molecule has 23 heavy (non-hydrogen) atoms. The first kappa shape index (κ1) is 15.6. The SMILES string of the molecule is O=C(c1cc2occc2[nH]1)N(CCCO)Cc1cccc(Cl)c1. The molecule has 3 aromatic rings. The number of hydrogen-bond acceptors (Lipinski definition) is 3. The lowest BCUT2D eigenvalue weighted by Gasteiger charge is -2.22. The van der Waals surface area contributed by atoms with Crippen molar-refractivity contribution in [3.05, 3.63) is 58.9 Å². The number of aliphatic hydroxyl groups is 1. The molecule has 3 rings (SSSR count). The van der Waals surface area contributed by atoms with Gasteiger partial charge in [0.1, 0.15) is 5.69 Å². The molecule has 0 aliphatic heterocycles. The van der Waals surface area contributed by atoms with E-state index in [0.717, 1.165) is 11.1 Å². The highest BCUT2D eigenvalue weighted by Gasteiger charge is 2.19. The Hall–Kier alpha value is -2.24. The van der Waals surface area contributed by atoms with Crippen LogP contribution >= 0.6 is 11.6 Å². The highest BCUT2D eigenvalue weighted by Crippen LogP contribution is 2.19. The third-order valence-electron chi connectivity index (χ3n) is 3.61. The van der Waals surface area contributed by atoms with Gasteiger partial charge in [0.2, 0.25) is 0 Å². The van der Waals surface area contributed by atoms with Gasteiger partial charge in [-0.3, -0.25) is 4.79 Å². The van der Waals surface area contributed by atoms with Gasteiger partial charge in [-0.15, -0.1) is 0 Å². The molecule has 0 spiro atoms. The quantitative estimate of drug-likeness (QED) is 0.726. The van der Waals surface area contributed by atoms with Crippen LogP contribution < -0.4 is 0 Å². The fourth-order valence-electron chi connectivity index (χ4n) is 2.50. The number of aromatic amines is 1. The number of rotatable bonds is 6. The predicted molar refractivity (Wildman–Crippen MR) is 88.5 cm³/mol. The summed E-state index contributed by atoms with van der Waals surface area (Å²) >= 11 is 6.01. The van der Waals surface area contributed by atoms with Crippen molar-refractivity contribution in [1.82, 2.24) is 9.88 Å². The van der Waals surface area contributed by atoms with E-state index in [4.69, 9.17) is 21.1 Å². The summed E-state index contributed by atoms with van der Waals surface area (Å²) < 4.78 is 5.28. The maximum absolute atomic E-state index is 12.7. The molecule has 6 heteroatoms. The molecule has 0 bridgehead atoms. The van der Waals surface area contributed by atoms with Crippen LogP contribution in [-0.2, 0) is 6.54 Å². The lowest BCUT2D eigenvalue weighted by atomic mass is 10.2. The Bertz CT molecular complexity index is 780. The van der Waals surface area contributed by atoms with Gasteiger partial charge in [-0.25, -0.2) is 0 Å². The van der Waals surface area contributed by atoms with Crippen LogP contribution in [-0.4, -0.2) is 34.0 Å². The van der Waals surface area contributed by atoms with Gasteiger partial charge in [-0.05, 0) is 24.1 Å². The van der Waals surface area contributed by atoms with Crippen molar-refractivity contribution < 1.29 is 14.3 Å². The summed E-state index contributed by atoms with van der Waals surface area (Å²) in [4.78, 5) is 17.5. The van der Waals surface area contributed by atoms with E-state index in [0.29, 0.717) is 35.8 Å². The molecular formula is C17H17ClN2O3. The molecule has 120 valence electrons. The molecule has 0 fully saturated rings. The Balaban J connectivity index is 1.82. The van der Waals surface area contributed by atoms with Crippen molar-refractivity contribution in [2.45, 2.75) is 13.0 Å². The molecule has 0 saturated carbocycles. The minimum absolute atomic E-state index is 0.0341. The number of aromatic nitrogens is 1. The number of amides is 1. The molecule has 5 nitrogen and oxygen atoms in total. The summed E-state index contributed by atoms with van der Waals surface area (Å²) in [5.74, 6) is -0.134. The average Bonchev–Trinajstić information content (AvgIpc) is 3.12. The molecule has 0 aliphatic rings. The molecular weight excluding hydrogens is 316 g/mol. The zero-order valence-corrected chi connectivity index (χ0v) is 13.2. The van der Waals surface area contributed by atoms with Gasteiger partial charge in [0.15, 0.2) is 5.58 Å². The Morgan fingerprint density at radius 1 is 1.30 bits per heavy atom. The number of benzene rings is 1. The van der Waals surface area contributed by atoms with E-state index in [1.807, 2.05) is 18.2 Å². The summed E-state index contributed by atoms with van der Waals surface area (Å²) in [5.41, 5.74) is 2.86. The Labute approximate surface area is 138 Å². The van der Waals surface area contributed by atoms with E-state index in [-0.39, 0.29) is 12.5 Å². The van der Waals surface area contributed by atoms with E-state index in [9.17, 15) is 4.79 Å². The van der Waals surface area contributed by atoms with Crippen molar-refractivity contribution in [3.8, 4) is 0 Å². The van der Waals surface area contributed by atoms with Crippen molar-refractivity contribution in [3.63, 3.8) is 0 Å². The summed E-state index contributed by atoms with van der Waals surface area (Å²) in [7, 11) is 0. The predicted octanol–water partition coefficient (Wildman–Crippen LogP) is 3.44. The second-order valence-electron chi connectivity index (χ2n) is 5.32. The smallest absolute Gasteiger partial charge is 0.270 e. The Morgan fingerprint density at radius 2 is 2.17 bits per heavy atom. The second kappa shape index (κ2) is 6.89. The van der Waals surface area contributed by atoms with E-state index in [2.05, 4.69) is 4.98 Å². The molecule has 0 atom stereocenters. The van der Waals surface area contributed by atoms with Crippen LogP contribution in [0, 0.1) is 0 Å². The normalized spacial score (nSPS) is 11.0. The zero-order chi connectivity index (χ0) is 16.2. The lowest BCUT2D eigenvalue weighted by molar-refractivity contribution is 0.0727. The Kier molecular flexibility index (Phi) is 4.69. The summed E-state index contributed by atoms with van der Waals surface area (Å²) in [6.45, 7) is 0.925. The van der Waals surface area contributed by atoms with Gasteiger partial charge in [-0.1, -0.05) is 23.7 Å².